The fourth-order valence-electron chi connectivity index (χ4n) is 3.90. The first-order valence-corrected chi connectivity index (χ1v) is 12.2. The largest absolute Gasteiger partial charge is 0.497 e. The van der Waals surface area contributed by atoms with Gasteiger partial charge in [-0.15, -0.1) is 0 Å². The molecule has 5 nitrogen and oxygen atoms in total. The molecule has 0 aliphatic carbocycles. The quantitative estimate of drug-likeness (QED) is 0.335. The summed E-state index contributed by atoms with van der Waals surface area (Å²) in [4.78, 5) is 6.26. The molecule has 0 bridgehead atoms. The molecule has 3 aromatic rings. The predicted octanol–water partition coefficient (Wildman–Crippen LogP) is 7.20. The molecule has 1 aliphatic rings. The van der Waals surface area contributed by atoms with E-state index in [1.807, 2.05) is 48.5 Å². The van der Waals surface area contributed by atoms with Gasteiger partial charge in [-0.2, -0.15) is 13.2 Å². The maximum absolute atomic E-state index is 13.5. The summed E-state index contributed by atoms with van der Waals surface area (Å²) in [6.45, 7) is 2.51. The van der Waals surface area contributed by atoms with Gasteiger partial charge >= 0.3 is 6.18 Å². The fourth-order valence-corrected chi connectivity index (χ4v) is 4.13. The van der Waals surface area contributed by atoms with Crippen molar-refractivity contribution >= 4 is 23.2 Å². The molecule has 1 N–H and O–H groups in total. The number of halogens is 4. The third-order valence-corrected chi connectivity index (χ3v) is 6.08. The maximum Gasteiger partial charge on any atom is 0.417 e. The monoisotopic (exact) mass is 529 g/mol. The van der Waals surface area contributed by atoms with E-state index in [4.69, 9.17) is 21.1 Å². The zero-order valence-corrected chi connectivity index (χ0v) is 21.2. The van der Waals surface area contributed by atoms with Gasteiger partial charge in [-0.1, -0.05) is 49.2 Å². The van der Waals surface area contributed by atoms with Crippen LogP contribution < -0.4 is 19.7 Å². The number of ether oxygens (including phenoxy) is 2. The van der Waals surface area contributed by atoms with Crippen molar-refractivity contribution < 1.29 is 22.6 Å². The Morgan fingerprint density at radius 3 is 2.49 bits per heavy atom. The zero-order valence-electron chi connectivity index (χ0n) is 20.4. The molecule has 1 aliphatic heterocycles. The second-order valence-electron chi connectivity index (χ2n) is 8.45. The number of rotatable bonds is 8. The molecule has 4 rings (SSSR count). The smallest absolute Gasteiger partial charge is 0.417 e. The van der Waals surface area contributed by atoms with Crippen LogP contribution in [0.2, 0.25) is 5.02 Å². The Morgan fingerprint density at radius 1 is 1.00 bits per heavy atom. The summed E-state index contributed by atoms with van der Waals surface area (Å²) in [5, 5.41) is 2.93. The zero-order chi connectivity index (χ0) is 26.4. The van der Waals surface area contributed by atoms with Gasteiger partial charge in [0, 0.05) is 24.5 Å². The summed E-state index contributed by atoms with van der Waals surface area (Å²) in [5.74, 6) is 1.70. The van der Waals surface area contributed by atoms with E-state index in [0.29, 0.717) is 18.2 Å². The highest BCUT2D eigenvalue weighted by molar-refractivity contribution is 6.31. The van der Waals surface area contributed by atoms with E-state index >= 15 is 0 Å². The topological polar surface area (TPSA) is 46.1 Å². The number of hydrogen-bond acceptors (Lipinski definition) is 5. The number of nitrogens with one attached hydrogen (secondary N) is 1. The highest BCUT2D eigenvalue weighted by Gasteiger charge is 2.34. The van der Waals surface area contributed by atoms with Gasteiger partial charge in [-0.05, 0) is 60.0 Å². The summed E-state index contributed by atoms with van der Waals surface area (Å²) in [6, 6.07) is 19.0. The molecular formula is C28H27ClF3N3O2. The average Bonchev–Trinajstić information content (AvgIpc) is 2.88. The summed E-state index contributed by atoms with van der Waals surface area (Å²) in [7, 11) is 1.59. The number of anilines is 1. The Morgan fingerprint density at radius 2 is 1.78 bits per heavy atom. The lowest BCUT2D eigenvalue weighted by Gasteiger charge is -2.32. The molecular weight excluding hydrogens is 503 g/mol. The summed E-state index contributed by atoms with van der Waals surface area (Å²) < 4.78 is 51.8. The van der Waals surface area contributed by atoms with Crippen molar-refractivity contribution in [2.45, 2.75) is 38.8 Å². The fraction of sp³-hybridized carbons (Fsp3) is 0.250. The molecule has 1 unspecified atom stereocenters. The van der Waals surface area contributed by atoms with Gasteiger partial charge in [-0.3, -0.25) is 5.32 Å². The number of aliphatic imine (C=N–C) groups is 1. The van der Waals surface area contributed by atoms with Crippen molar-refractivity contribution in [3.8, 4) is 11.5 Å². The lowest BCUT2D eigenvalue weighted by Crippen LogP contribution is -2.44. The number of nitrogens with zero attached hydrogens (tertiary/aromatic N) is 2. The molecule has 0 radical (unpaired) electrons. The van der Waals surface area contributed by atoms with Crippen LogP contribution in [-0.2, 0) is 19.1 Å². The normalized spacial score (nSPS) is 15.5. The molecule has 0 amide bonds. The predicted molar refractivity (Wildman–Crippen MR) is 140 cm³/mol. The molecule has 0 aromatic heterocycles. The van der Waals surface area contributed by atoms with Gasteiger partial charge in [-0.25, -0.2) is 4.99 Å². The van der Waals surface area contributed by atoms with E-state index in [9.17, 15) is 13.2 Å². The minimum absolute atomic E-state index is 0.285. The molecule has 0 fully saturated rings. The first-order chi connectivity index (χ1) is 17.8. The number of aryl methyl sites for hydroxylation is 1. The first kappa shape index (κ1) is 26.6. The average molecular weight is 530 g/mol. The molecule has 37 heavy (non-hydrogen) atoms. The van der Waals surface area contributed by atoms with Crippen LogP contribution in [0.15, 0.2) is 84.0 Å². The molecule has 0 saturated heterocycles. The van der Waals surface area contributed by atoms with E-state index in [-0.39, 0.29) is 10.7 Å². The summed E-state index contributed by atoms with van der Waals surface area (Å²) in [5.41, 5.74) is 1.48. The highest BCUT2D eigenvalue weighted by Crippen LogP contribution is 2.37. The lowest BCUT2D eigenvalue weighted by atomic mass is 10.1. The van der Waals surface area contributed by atoms with Crippen molar-refractivity contribution in [2.24, 2.45) is 4.99 Å². The third-order valence-electron chi connectivity index (χ3n) is 5.75. The van der Waals surface area contributed by atoms with Crippen LogP contribution in [0.5, 0.6) is 11.5 Å². The minimum atomic E-state index is -4.58. The van der Waals surface area contributed by atoms with Crippen LogP contribution >= 0.6 is 11.6 Å². The Balaban J connectivity index is 1.61. The van der Waals surface area contributed by atoms with Gasteiger partial charge in [0.15, 0.2) is 6.29 Å². The van der Waals surface area contributed by atoms with E-state index in [0.717, 1.165) is 35.8 Å². The van der Waals surface area contributed by atoms with Crippen LogP contribution in [0.25, 0.3) is 0 Å². The maximum atomic E-state index is 13.5. The van der Waals surface area contributed by atoms with Crippen molar-refractivity contribution in [3.63, 3.8) is 0 Å². The van der Waals surface area contributed by atoms with Crippen LogP contribution in [0.4, 0.5) is 18.9 Å². The Bertz CT molecular complexity index is 1280. The van der Waals surface area contributed by atoms with Gasteiger partial charge in [0.2, 0.25) is 5.90 Å². The number of alkyl halides is 3. The van der Waals surface area contributed by atoms with E-state index in [1.54, 1.807) is 24.3 Å². The summed E-state index contributed by atoms with van der Waals surface area (Å²) >= 11 is 5.84. The standard InChI is InChI=1S/C28H27ClF3N3O2/c1-3-5-19-6-4-7-23(16-19)37-26-14-15-35(21-10-13-25(29)24(17-21)28(30,31)32)27(34-26)33-18-20-8-11-22(36-2)12-9-20/h4,6-17,27,33H,3,5,18H2,1-2H3. The Labute approximate surface area is 219 Å². The first-order valence-electron chi connectivity index (χ1n) is 11.8. The van der Waals surface area contributed by atoms with Gasteiger partial charge in [0.05, 0.1) is 17.7 Å². The minimum Gasteiger partial charge on any atom is -0.497 e. The number of hydrogen-bond donors (Lipinski definition) is 1. The third kappa shape index (κ3) is 6.84. The van der Waals surface area contributed by atoms with Crippen molar-refractivity contribution in [2.75, 3.05) is 12.0 Å². The van der Waals surface area contributed by atoms with Gasteiger partial charge < -0.3 is 14.4 Å². The van der Waals surface area contributed by atoms with Gasteiger partial charge in [0.1, 0.15) is 11.5 Å². The summed E-state index contributed by atoms with van der Waals surface area (Å²) in [6.07, 6.45) is -0.106. The highest BCUT2D eigenvalue weighted by atomic mass is 35.5. The van der Waals surface area contributed by atoms with Crippen molar-refractivity contribution in [1.29, 1.82) is 0 Å². The molecule has 1 heterocycles. The van der Waals surface area contributed by atoms with Crippen LogP contribution in [-0.4, -0.2) is 19.3 Å². The number of methoxy groups -OCH3 is 1. The SMILES string of the molecule is CCCc1cccc(OC2=NC(NCc3ccc(OC)cc3)N(c3ccc(Cl)c(C(F)(F)F)c3)C=C2)c1. The molecule has 3 aromatic carbocycles. The second kappa shape index (κ2) is 11.7. The Hall–Kier alpha value is -3.49. The van der Waals surface area contributed by atoms with E-state index in [2.05, 4.69) is 17.2 Å². The second-order valence-corrected chi connectivity index (χ2v) is 8.86. The molecule has 194 valence electrons. The molecule has 0 saturated carbocycles. The molecule has 1 atom stereocenters. The van der Waals surface area contributed by atoms with E-state index < -0.39 is 18.0 Å². The molecule has 9 heteroatoms. The Kier molecular flexibility index (Phi) is 8.41. The van der Waals surface area contributed by atoms with Crippen LogP contribution in [0.3, 0.4) is 0 Å². The van der Waals surface area contributed by atoms with E-state index in [1.165, 1.54) is 12.1 Å². The van der Waals surface area contributed by atoms with Crippen molar-refractivity contribution in [3.05, 3.63) is 101 Å². The van der Waals surface area contributed by atoms with Crippen LogP contribution in [0, 0.1) is 0 Å². The number of benzene rings is 3. The van der Waals surface area contributed by atoms with Gasteiger partial charge in [0.25, 0.3) is 0 Å². The lowest BCUT2D eigenvalue weighted by molar-refractivity contribution is -0.137. The van der Waals surface area contributed by atoms with Crippen molar-refractivity contribution in [1.82, 2.24) is 5.32 Å². The van der Waals surface area contributed by atoms with Crippen LogP contribution in [0.1, 0.15) is 30.0 Å². The molecule has 0 spiro atoms.